The highest BCUT2D eigenvalue weighted by atomic mass is 35.5. The second-order valence-corrected chi connectivity index (χ2v) is 5.46. The maximum absolute atomic E-state index is 13.6. The van der Waals surface area contributed by atoms with Gasteiger partial charge in [0, 0.05) is 11.2 Å². The highest BCUT2D eigenvalue weighted by Crippen LogP contribution is 2.28. The van der Waals surface area contributed by atoms with Gasteiger partial charge in [0.2, 0.25) is 5.95 Å². The van der Waals surface area contributed by atoms with Crippen LogP contribution in [0.15, 0.2) is 54.7 Å². The van der Waals surface area contributed by atoms with E-state index in [4.69, 9.17) is 23.2 Å². The minimum Gasteiger partial charge on any atom is -0.339 e. The third-order valence-electron chi connectivity index (χ3n) is 2.97. The van der Waals surface area contributed by atoms with Gasteiger partial charge in [0.15, 0.2) is 0 Å². The van der Waals surface area contributed by atoms with Gasteiger partial charge in [0.1, 0.15) is 11.6 Å². The van der Waals surface area contributed by atoms with Crippen molar-refractivity contribution in [2.75, 3.05) is 10.6 Å². The second kappa shape index (κ2) is 6.81. The van der Waals surface area contributed by atoms with Gasteiger partial charge in [0.25, 0.3) is 0 Å². The average Bonchev–Trinajstić information content (AvgIpc) is 2.53. The molecule has 0 unspecified atom stereocenters. The highest BCUT2D eigenvalue weighted by Gasteiger charge is 2.06. The quantitative estimate of drug-likeness (QED) is 0.661. The molecule has 116 valence electrons. The number of aromatic nitrogens is 2. The van der Waals surface area contributed by atoms with Crippen LogP contribution < -0.4 is 10.6 Å². The SMILES string of the molecule is Fc1ccccc1Nc1nccc(Nc2ccc(Cl)cc2Cl)n1. The van der Waals surface area contributed by atoms with Crippen LogP contribution in [0.5, 0.6) is 0 Å². The van der Waals surface area contributed by atoms with Gasteiger partial charge in [-0.2, -0.15) is 4.98 Å². The summed E-state index contributed by atoms with van der Waals surface area (Å²) in [5.41, 5.74) is 0.959. The summed E-state index contributed by atoms with van der Waals surface area (Å²) in [4.78, 5) is 8.35. The predicted molar refractivity (Wildman–Crippen MR) is 91.5 cm³/mol. The summed E-state index contributed by atoms with van der Waals surface area (Å²) in [5, 5.41) is 6.91. The lowest BCUT2D eigenvalue weighted by Gasteiger charge is -2.10. The Labute approximate surface area is 142 Å². The molecule has 1 aromatic heterocycles. The molecule has 0 aliphatic rings. The maximum Gasteiger partial charge on any atom is 0.229 e. The van der Waals surface area contributed by atoms with Crippen LogP contribution in [0.4, 0.5) is 27.5 Å². The Hall–Kier alpha value is -2.37. The van der Waals surface area contributed by atoms with Crippen LogP contribution in [0, 0.1) is 5.82 Å². The number of nitrogens with one attached hydrogen (secondary N) is 2. The molecule has 0 aliphatic heterocycles. The van der Waals surface area contributed by atoms with E-state index < -0.39 is 0 Å². The lowest BCUT2D eigenvalue weighted by atomic mass is 10.3. The largest absolute Gasteiger partial charge is 0.339 e. The van der Waals surface area contributed by atoms with Gasteiger partial charge in [0.05, 0.1) is 16.4 Å². The first-order valence-electron chi connectivity index (χ1n) is 6.68. The summed E-state index contributed by atoms with van der Waals surface area (Å²) in [6.45, 7) is 0. The van der Waals surface area contributed by atoms with Crippen molar-refractivity contribution in [3.05, 3.63) is 70.6 Å². The molecule has 0 saturated heterocycles. The molecule has 0 bridgehead atoms. The molecule has 7 heteroatoms. The van der Waals surface area contributed by atoms with Gasteiger partial charge >= 0.3 is 0 Å². The maximum atomic E-state index is 13.6. The number of anilines is 4. The van der Waals surface area contributed by atoms with Crippen LogP contribution in [0.25, 0.3) is 0 Å². The number of hydrogen-bond acceptors (Lipinski definition) is 4. The molecule has 0 saturated carbocycles. The van der Waals surface area contributed by atoms with Gasteiger partial charge in [-0.25, -0.2) is 9.37 Å². The first kappa shape index (κ1) is 15.5. The van der Waals surface area contributed by atoms with E-state index >= 15 is 0 Å². The van der Waals surface area contributed by atoms with E-state index in [1.165, 1.54) is 6.07 Å². The topological polar surface area (TPSA) is 49.8 Å². The zero-order chi connectivity index (χ0) is 16.2. The number of hydrogen-bond donors (Lipinski definition) is 2. The van der Waals surface area contributed by atoms with Crippen LogP contribution in [-0.4, -0.2) is 9.97 Å². The van der Waals surface area contributed by atoms with Gasteiger partial charge in [-0.1, -0.05) is 35.3 Å². The van der Waals surface area contributed by atoms with Gasteiger partial charge in [-0.15, -0.1) is 0 Å². The van der Waals surface area contributed by atoms with E-state index in [9.17, 15) is 4.39 Å². The molecule has 2 N–H and O–H groups in total. The van der Waals surface area contributed by atoms with Crippen molar-refractivity contribution in [1.82, 2.24) is 9.97 Å². The average molecular weight is 349 g/mol. The molecule has 0 spiro atoms. The van der Waals surface area contributed by atoms with Crippen molar-refractivity contribution >= 4 is 46.3 Å². The number of benzene rings is 2. The Balaban J connectivity index is 1.81. The van der Waals surface area contributed by atoms with Gasteiger partial charge in [-0.05, 0) is 36.4 Å². The fourth-order valence-electron chi connectivity index (χ4n) is 1.90. The standard InChI is InChI=1S/C16H11Cl2FN4/c17-10-5-6-13(11(18)9-10)21-15-7-8-20-16(23-15)22-14-4-2-1-3-12(14)19/h1-9H,(H2,20,21,22,23). The Morgan fingerprint density at radius 2 is 1.74 bits per heavy atom. The Bertz CT molecular complexity index is 842. The van der Waals surface area contributed by atoms with E-state index in [-0.39, 0.29) is 11.8 Å². The minimum absolute atomic E-state index is 0.269. The molecular formula is C16H11Cl2FN4. The number of rotatable bonds is 4. The first-order chi connectivity index (χ1) is 11.1. The molecule has 0 fully saturated rings. The molecule has 0 atom stereocenters. The monoisotopic (exact) mass is 348 g/mol. The molecule has 0 radical (unpaired) electrons. The zero-order valence-electron chi connectivity index (χ0n) is 11.7. The molecule has 0 aliphatic carbocycles. The summed E-state index contributed by atoms with van der Waals surface area (Å²) in [7, 11) is 0. The summed E-state index contributed by atoms with van der Waals surface area (Å²) in [6, 6.07) is 13.1. The summed E-state index contributed by atoms with van der Waals surface area (Å²) in [5.74, 6) is 0.406. The van der Waals surface area contributed by atoms with Crippen LogP contribution in [0.1, 0.15) is 0 Å². The fraction of sp³-hybridized carbons (Fsp3) is 0. The Kier molecular flexibility index (Phi) is 4.60. The summed E-state index contributed by atoms with van der Waals surface area (Å²) in [6.07, 6.45) is 1.56. The normalized spacial score (nSPS) is 10.4. The van der Waals surface area contributed by atoms with Crippen molar-refractivity contribution < 1.29 is 4.39 Å². The minimum atomic E-state index is -0.379. The molecular weight excluding hydrogens is 338 g/mol. The van der Waals surface area contributed by atoms with Crippen LogP contribution in [0.2, 0.25) is 10.0 Å². The number of nitrogens with zero attached hydrogens (tertiary/aromatic N) is 2. The molecule has 23 heavy (non-hydrogen) atoms. The molecule has 1 heterocycles. The van der Waals surface area contributed by atoms with E-state index in [1.54, 1.807) is 48.7 Å². The predicted octanol–water partition coefficient (Wildman–Crippen LogP) is 5.41. The number of halogens is 3. The highest BCUT2D eigenvalue weighted by molar-refractivity contribution is 6.36. The lowest BCUT2D eigenvalue weighted by Crippen LogP contribution is -2.01. The van der Waals surface area contributed by atoms with E-state index in [1.807, 2.05) is 0 Å². The Morgan fingerprint density at radius 1 is 0.913 bits per heavy atom. The van der Waals surface area contributed by atoms with Crippen molar-refractivity contribution in [2.24, 2.45) is 0 Å². The fourth-order valence-corrected chi connectivity index (χ4v) is 2.36. The summed E-state index contributed by atoms with van der Waals surface area (Å²) >= 11 is 12.0. The molecule has 2 aromatic carbocycles. The lowest BCUT2D eigenvalue weighted by molar-refractivity contribution is 0.631. The second-order valence-electron chi connectivity index (χ2n) is 4.62. The van der Waals surface area contributed by atoms with Crippen LogP contribution >= 0.6 is 23.2 Å². The molecule has 0 amide bonds. The van der Waals surface area contributed by atoms with Crippen molar-refractivity contribution in [2.45, 2.75) is 0 Å². The van der Waals surface area contributed by atoms with E-state index in [0.717, 1.165) is 0 Å². The van der Waals surface area contributed by atoms with E-state index in [0.29, 0.717) is 27.2 Å². The molecule has 3 aromatic rings. The number of para-hydroxylation sites is 1. The Morgan fingerprint density at radius 3 is 2.52 bits per heavy atom. The van der Waals surface area contributed by atoms with Crippen molar-refractivity contribution in [3.63, 3.8) is 0 Å². The molecule has 3 rings (SSSR count). The van der Waals surface area contributed by atoms with Gasteiger partial charge < -0.3 is 10.6 Å². The van der Waals surface area contributed by atoms with Crippen LogP contribution in [-0.2, 0) is 0 Å². The smallest absolute Gasteiger partial charge is 0.229 e. The first-order valence-corrected chi connectivity index (χ1v) is 7.44. The third kappa shape index (κ3) is 3.88. The third-order valence-corrected chi connectivity index (χ3v) is 3.52. The van der Waals surface area contributed by atoms with Gasteiger partial charge in [-0.3, -0.25) is 0 Å². The molecule has 4 nitrogen and oxygen atoms in total. The zero-order valence-corrected chi connectivity index (χ0v) is 13.2. The van der Waals surface area contributed by atoms with Crippen molar-refractivity contribution in [3.8, 4) is 0 Å². The van der Waals surface area contributed by atoms with Crippen LogP contribution in [0.3, 0.4) is 0 Å². The van der Waals surface area contributed by atoms with Crippen molar-refractivity contribution in [1.29, 1.82) is 0 Å². The summed E-state index contributed by atoms with van der Waals surface area (Å²) < 4.78 is 13.6. The van der Waals surface area contributed by atoms with E-state index in [2.05, 4.69) is 20.6 Å².